The monoisotopic (exact) mass is 1370 g/mol. The van der Waals surface area contributed by atoms with Crippen LogP contribution < -0.4 is 0 Å². The fourth-order valence-corrected chi connectivity index (χ4v) is 13.6. The lowest BCUT2D eigenvalue weighted by molar-refractivity contribution is 0.542. The molecule has 0 nitrogen and oxygen atoms in total. The van der Waals surface area contributed by atoms with Gasteiger partial charge in [0.25, 0.3) is 0 Å². The van der Waals surface area contributed by atoms with Crippen LogP contribution in [0.4, 0.5) is 0 Å². The van der Waals surface area contributed by atoms with Crippen LogP contribution in [-0.2, 0) is 37.9 Å². The Labute approximate surface area is 629 Å². The molecular weight excluding hydrogens is 1210 g/mol. The van der Waals surface area contributed by atoms with E-state index in [0.29, 0.717) is 41.4 Å². The van der Waals surface area contributed by atoms with Gasteiger partial charge in [0.2, 0.25) is 0 Å². The zero-order chi connectivity index (χ0) is 79.1. The summed E-state index contributed by atoms with van der Waals surface area (Å²) < 4.78 is 0. The van der Waals surface area contributed by atoms with E-state index in [2.05, 4.69) is 421 Å². The Kier molecular flexibility index (Phi) is 35.2. The third kappa shape index (κ3) is 29.9. The van der Waals surface area contributed by atoms with Crippen molar-refractivity contribution in [2.24, 2.45) is 0 Å². The highest BCUT2D eigenvalue weighted by atomic mass is 14.3. The lowest BCUT2D eigenvalue weighted by Crippen LogP contribution is -2.23. The van der Waals surface area contributed by atoms with E-state index in [0.717, 1.165) is 0 Å². The van der Waals surface area contributed by atoms with Gasteiger partial charge in [-0.2, -0.15) is 0 Å². The van der Waals surface area contributed by atoms with Gasteiger partial charge in [-0.05, 0) is 265 Å². The highest BCUT2D eigenvalue weighted by Crippen LogP contribution is 2.39. The molecule has 7 rings (SSSR count). The van der Waals surface area contributed by atoms with Crippen LogP contribution in [-0.4, -0.2) is 0 Å². The van der Waals surface area contributed by atoms with Crippen LogP contribution in [0.1, 0.15) is 417 Å². The van der Waals surface area contributed by atoms with Crippen molar-refractivity contribution in [2.45, 2.75) is 391 Å². The molecule has 0 N–H and O–H groups in total. The molecule has 0 fully saturated rings. The molecule has 0 spiro atoms. The highest BCUT2D eigenvalue weighted by molar-refractivity contribution is 5.48. The second-order valence-corrected chi connectivity index (χ2v) is 39.7. The van der Waals surface area contributed by atoms with E-state index < -0.39 is 0 Å². The van der Waals surface area contributed by atoms with Crippen molar-refractivity contribution in [1.82, 2.24) is 0 Å². The molecule has 0 atom stereocenters. The molecule has 0 amide bonds. The number of hydrogen-bond donors (Lipinski definition) is 0. The molecule has 0 aliphatic heterocycles. The summed E-state index contributed by atoms with van der Waals surface area (Å²) in [4.78, 5) is 0. The Balaban J connectivity index is 0.000000593. The maximum atomic E-state index is 2.42. The summed E-state index contributed by atoms with van der Waals surface area (Å²) in [6.07, 6.45) is 0. The molecule has 564 valence electrons. The summed E-state index contributed by atoms with van der Waals surface area (Å²) in [6.45, 7) is 102. The van der Waals surface area contributed by atoms with Gasteiger partial charge >= 0.3 is 0 Å². The smallest absolute Gasteiger partial charge is 0.0129 e. The molecule has 0 saturated heterocycles. The maximum Gasteiger partial charge on any atom is -0.0129 e. The van der Waals surface area contributed by atoms with E-state index in [-0.39, 0.29) is 37.9 Å². The first-order chi connectivity index (χ1) is 45.5. The highest BCUT2D eigenvalue weighted by Gasteiger charge is 2.28. The summed E-state index contributed by atoms with van der Waals surface area (Å²) in [6, 6.07) is 41.3. The lowest BCUT2D eigenvalue weighted by atomic mass is 9.73. The second-order valence-electron chi connectivity index (χ2n) is 39.7. The Morgan fingerprint density at radius 3 is 0.723 bits per heavy atom. The number of benzene rings is 7. The largest absolute Gasteiger partial charge is 0.0617 e. The van der Waals surface area contributed by atoms with Crippen molar-refractivity contribution in [3.05, 3.63) is 243 Å². The van der Waals surface area contributed by atoms with Crippen LogP contribution in [0, 0.1) is 69.2 Å². The predicted molar refractivity (Wildman–Crippen MR) is 462 cm³/mol. The standard InChI is InChI=1S/C19H32.C16H26.2C15H24.2C13H20.C10H14/c1-13-15(18(5,6)7)11-14(17(2,3)4)12-16(13)19(8,9)10;1-10(2)14-8-15(11(3)4)13(7)16(9-14)12(5)6;1-11-8-12(14(2,3)4)10-13(9-11)15(5,6)7;1-11-12(14(2,3)4)9-8-10-13(11)15(5,6)7;1-9(2)12-6-11(5)7-13(8-12)10(3)4;1-9(2)12-7-6-8-13(10(3)4)11(12)5;1-7-5-8(2)10(4)9(3)6-7/h11-12H,1-10H3;8-12H,1-7H3;2*8-10H,1-7H3;2*6-10H,1-5H3;5-6H,1-4H3. The van der Waals surface area contributed by atoms with Crippen molar-refractivity contribution in [3.63, 3.8) is 0 Å². The zero-order valence-corrected chi connectivity index (χ0v) is 74.9. The summed E-state index contributed by atoms with van der Waals surface area (Å²) in [5, 5.41) is 0. The molecule has 7 aromatic carbocycles. The first-order valence-electron chi connectivity index (χ1n) is 39.3. The molecule has 0 aromatic heterocycles. The minimum Gasteiger partial charge on any atom is -0.0617 e. The molecule has 0 bridgehead atoms. The fraction of sp³-hybridized carbons (Fsp3) is 0.584. The van der Waals surface area contributed by atoms with Crippen molar-refractivity contribution in [2.75, 3.05) is 0 Å². The van der Waals surface area contributed by atoms with E-state index in [1.165, 1.54) is 134 Å². The first-order valence-corrected chi connectivity index (χ1v) is 39.3. The number of hydrogen-bond acceptors (Lipinski definition) is 0. The molecule has 0 heteroatoms. The first kappa shape index (κ1) is 93.6. The molecule has 0 radical (unpaired) electrons. The Morgan fingerprint density at radius 1 is 0.198 bits per heavy atom. The van der Waals surface area contributed by atoms with Gasteiger partial charge in [0, 0.05) is 0 Å². The Morgan fingerprint density at radius 2 is 0.446 bits per heavy atom. The average molecular weight is 1370 g/mol. The molecule has 0 heterocycles. The van der Waals surface area contributed by atoms with Gasteiger partial charge in [-0.15, -0.1) is 0 Å². The van der Waals surface area contributed by atoms with Crippen molar-refractivity contribution >= 4 is 0 Å². The van der Waals surface area contributed by atoms with E-state index in [1.807, 2.05) is 0 Å². The second kappa shape index (κ2) is 38.0. The van der Waals surface area contributed by atoms with Crippen LogP contribution >= 0.6 is 0 Å². The van der Waals surface area contributed by atoms with E-state index in [1.54, 1.807) is 0 Å². The Hall–Kier alpha value is -5.46. The average Bonchev–Trinajstić information content (AvgIpc) is 0.803. The molecule has 0 unspecified atom stereocenters. The van der Waals surface area contributed by atoms with Gasteiger partial charge in [0.05, 0.1) is 0 Å². The quantitative estimate of drug-likeness (QED) is 0.149. The molecule has 0 saturated carbocycles. The minimum absolute atomic E-state index is 0.200. The summed E-state index contributed by atoms with van der Waals surface area (Å²) in [5.41, 5.74) is 36.5. The normalized spacial score (nSPS) is 12.2. The van der Waals surface area contributed by atoms with E-state index in [4.69, 9.17) is 0 Å². The molecule has 101 heavy (non-hydrogen) atoms. The summed E-state index contributed by atoms with van der Waals surface area (Å²) in [7, 11) is 0. The SMILES string of the molecule is Cc1c(C(C)(C)C)cc(C(C)(C)C)cc1C(C)(C)C.Cc1c(C(C)(C)C)cccc1C(C)(C)C.Cc1c(C(C)C)cc(C(C)C)cc1C(C)C.Cc1c(C(C)C)cccc1C(C)C.Cc1cc(C(C)(C)C)cc(C(C)(C)C)c1.Cc1cc(C(C)C)cc(C(C)C)c1.Cc1cc(C)c(C)c(C)c1. The summed E-state index contributed by atoms with van der Waals surface area (Å²) >= 11 is 0. The van der Waals surface area contributed by atoms with Gasteiger partial charge in [0.15, 0.2) is 0 Å². The predicted octanol–water partition coefficient (Wildman–Crippen LogP) is 31.8. The summed E-state index contributed by atoms with van der Waals surface area (Å²) in [5.74, 6) is 4.41. The van der Waals surface area contributed by atoms with Crippen LogP contribution in [0.15, 0.2) is 109 Å². The Bertz CT molecular complexity index is 3480. The van der Waals surface area contributed by atoms with Crippen molar-refractivity contribution in [1.29, 1.82) is 0 Å². The van der Waals surface area contributed by atoms with Gasteiger partial charge in [-0.3, -0.25) is 0 Å². The van der Waals surface area contributed by atoms with E-state index >= 15 is 0 Å². The van der Waals surface area contributed by atoms with Gasteiger partial charge in [-0.25, -0.2) is 0 Å². The zero-order valence-electron chi connectivity index (χ0n) is 74.9. The van der Waals surface area contributed by atoms with Crippen molar-refractivity contribution < 1.29 is 0 Å². The maximum absolute atomic E-state index is 2.42. The molecule has 0 aliphatic carbocycles. The molecular formula is C101H160. The minimum atomic E-state index is 0.200. The van der Waals surface area contributed by atoms with Gasteiger partial charge in [0.1, 0.15) is 0 Å². The lowest BCUT2D eigenvalue weighted by Gasteiger charge is -2.32. The van der Waals surface area contributed by atoms with Crippen LogP contribution in [0.5, 0.6) is 0 Å². The van der Waals surface area contributed by atoms with Gasteiger partial charge in [-0.1, -0.05) is 368 Å². The number of rotatable bonds is 7. The topological polar surface area (TPSA) is 0 Å². The number of aryl methyl sites for hydroxylation is 5. The van der Waals surface area contributed by atoms with Crippen LogP contribution in [0.3, 0.4) is 0 Å². The van der Waals surface area contributed by atoms with E-state index in [9.17, 15) is 0 Å². The van der Waals surface area contributed by atoms with Crippen molar-refractivity contribution in [3.8, 4) is 0 Å². The van der Waals surface area contributed by atoms with Crippen LogP contribution in [0.25, 0.3) is 0 Å². The van der Waals surface area contributed by atoms with Gasteiger partial charge < -0.3 is 0 Å². The fourth-order valence-electron chi connectivity index (χ4n) is 13.6. The molecule has 0 aliphatic rings. The van der Waals surface area contributed by atoms with Crippen LogP contribution in [0.2, 0.25) is 0 Å². The third-order valence-corrected chi connectivity index (χ3v) is 20.3. The molecule has 7 aromatic rings. The third-order valence-electron chi connectivity index (χ3n) is 20.3.